The highest BCUT2D eigenvalue weighted by Crippen LogP contribution is 2.22. The number of halogens is 3. The summed E-state index contributed by atoms with van der Waals surface area (Å²) in [5.74, 6) is 0. The van der Waals surface area contributed by atoms with Crippen LogP contribution in [0.15, 0.2) is 30.3 Å². The average Bonchev–Trinajstić information content (AvgIpc) is 2.24. The van der Waals surface area contributed by atoms with Gasteiger partial charge >= 0.3 is 6.18 Å². The molecule has 0 aliphatic carbocycles. The van der Waals surface area contributed by atoms with Crippen molar-refractivity contribution in [2.75, 3.05) is 13.7 Å². The van der Waals surface area contributed by atoms with E-state index in [9.17, 15) is 13.2 Å². The van der Waals surface area contributed by atoms with E-state index in [0.717, 1.165) is 12.7 Å². The quantitative estimate of drug-likeness (QED) is 0.780. The van der Waals surface area contributed by atoms with E-state index in [2.05, 4.69) is 4.74 Å². The Morgan fingerprint density at radius 1 is 1.19 bits per heavy atom. The summed E-state index contributed by atoms with van der Waals surface area (Å²) in [6, 6.07) is 9.01. The monoisotopic (exact) mass is 234 g/mol. The molecule has 0 aliphatic heterocycles. The van der Waals surface area contributed by atoms with Crippen molar-refractivity contribution in [3.8, 4) is 0 Å². The Kier molecular flexibility index (Phi) is 4.76. The lowest BCUT2D eigenvalue weighted by Gasteiger charge is -2.18. The summed E-state index contributed by atoms with van der Waals surface area (Å²) < 4.78 is 46.0. The fourth-order valence-electron chi connectivity index (χ4n) is 1.15. The first kappa shape index (κ1) is 13.0. The van der Waals surface area contributed by atoms with Gasteiger partial charge in [-0.05, 0) is 5.56 Å². The molecular formula is C11H13F3O2. The van der Waals surface area contributed by atoms with Crippen LogP contribution in [0, 0.1) is 0 Å². The van der Waals surface area contributed by atoms with E-state index in [1.807, 2.05) is 6.07 Å². The van der Waals surface area contributed by atoms with Crippen molar-refractivity contribution in [1.82, 2.24) is 0 Å². The maximum Gasteiger partial charge on any atom is 0.416 e. The SMILES string of the molecule is CO[C@H](COCc1ccccc1)C(F)(F)F. The molecule has 0 spiro atoms. The van der Waals surface area contributed by atoms with Crippen LogP contribution in [0.25, 0.3) is 0 Å². The molecule has 0 aliphatic rings. The number of rotatable bonds is 5. The molecule has 0 aromatic heterocycles. The molecule has 0 N–H and O–H groups in total. The summed E-state index contributed by atoms with van der Waals surface area (Å²) in [6.07, 6.45) is -6.25. The minimum atomic E-state index is -4.38. The highest BCUT2D eigenvalue weighted by molar-refractivity contribution is 5.13. The Morgan fingerprint density at radius 2 is 1.81 bits per heavy atom. The summed E-state index contributed by atoms with van der Waals surface area (Å²) in [5, 5.41) is 0. The molecule has 2 nitrogen and oxygen atoms in total. The number of ether oxygens (including phenoxy) is 2. The molecule has 5 heteroatoms. The second kappa shape index (κ2) is 5.86. The highest BCUT2D eigenvalue weighted by atomic mass is 19.4. The van der Waals surface area contributed by atoms with Gasteiger partial charge in [-0.3, -0.25) is 0 Å². The first-order valence-electron chi connectivity index (χ1n) is 4.75. The number of hydrogen-bond donors (Lipinski definition) is 0. The van der Waals surface area contributed by atoms with Crippen LogP contribution in [0.2, 0.25) is 0 Å². The van der Waals surface area contributed by atoms with Crippen molar-refractivity contribution in [2.45, 2.75) is 18.9 Å². The minimum absolute atomic E-state index is 0.150. The standard InChI is InChI=1S/C11H13F3O2/c1-15-10(11(12,13)14)8-16-7-9-5-3-2-4-6-9/h2-6,10H,7-8H2,1H3/t10-/m1/s1. The molecule has 0 amide bonds. The summed E-state index contributed by atoms with van der Waals surface area (Å²) in [6.45, 7) is -0.342. The van der Waals surface area contributed by atoms with Crippen LogP contribution in [-0.4, -0.2) is 26.0 Å². The normalized spacial score (nSPS) is 13.8. The Hall–Kier alpha value is -1.07. The van der Waals surface area contributed by atoms with Crippen molar-refractivity contribution < 1.29 is 22.6 Å². The predicted molar refractivity (Wildman–Crippen MR) is 53.0 cm³/mol. The predicted octanol–water partition coefficient (Wildman–Crippen LogP) is 2.78. The van der Waals surface area contributed by atoms with Gasteiger partial charge < -0.3 is 9.47 Å². The fourth-order valence-corrected chi connectivity index (χ4v) is 1.15. The van der Waals surface area contributed by atoms with Gasteiger partial charge in [-0.25, -0.2) is 0 Å². The van der Waals surface area contributed by atoms with Crippen LogP contribution >= 0.6 is 0 Å². The zero-order valence-corrected chi connectivity index (χ0v) is 8.83. The number of methoxy groups -OCH3 is 1. The maximum absolute atomic E-state index is 12.2. The Balaban J connectivity index is 2.35. The van der Waals surface area contributed by atoms with Crippen molar-refractivity contribution in [3.05, 3.63) is 35.9 Å². The van der Waals surface area contributed by atoms with Crippen molar-refractivity contribution in [2.24, 2.45) is 0 Å². The third-order valence-corrected chi connectivity index (χ3v) is 2.03. The smallest absolute Gasteiger partial charge is 0.374 e. The molecule has 0 unspecified atom stereocenters. The van der Waals surface area contributed by atoms with E-state index in [4.69, 9.17) is 4.74 Å². The van der Waals surface area contributed by atoms with E-state index < -0.39 is 18.9 Å². The molecule has 1 rings (SSSR count). The van der Waals surface area contributed by atoms with Gasteiger partial charge in [0.25, 0.3) is 0 Å². The number of alkyl halides is 3. The average molecular weight is 234 g/mol. The molecule has 1 aromatic rings. The Labute approximate surface area is 92.0 Å². The molecule has 0 bridgehead atoms. The first-order chi connectivity index (χ1) is 7.54. The summed E-state index contributed by atoms with van der Waals surface area (Å²) >= 11 is 0. The zero-order chi connectivity index (χ0) is 12.0. The molecule has 90 valence electrons. The summed E-state index contributed by atoms with van der Waals surface area (Å²) in [7, 11) is 1.02. The van der Waals surface area contributed by atoms with Crippen molar-refractivity contribution >= 4 is 0 Å². The van der Waals surface area contributed by atoms with E-state index in [1.165, 1.54) is 0 Å². The van der Waals surface area contributed by atoms with Crippen LogP contribution in [0.1, 0.15) is 5.56 Å². The van der Waals surface area contributed by atoms with Crippen molar-refractivity contribution in [1.29, 1.82) is 0 Å². The van der Waals surface area contributed by atoms with Gasteiger partial charge in [0.1, 0.15) is 0 Å². The van der Waals surface area contributed by atoms with Crippen LogP contribution in [0.5, 0.6) is 0 Å². The topological polar surface area (TPSA) is 18.5 Å². The third kappa shape index (κ3) is 4.20. The number of benzene rings is 1. The minimum Gasteiger partial charge on any atom is -0.374 e. The molecular weight excluding hydrogens is 221 g/mol. The van der Waals surface area contributed by atoms with Crippen molar-refractivity contribution in [3.63, 3.8) is 0 Å². The van der Waals surface area contributed by atoms with Gasteiger partial charge in [-0.2, -0.15) is 13.2 Å². The third-order valence-electron chi connectivity index (χ3n) is 2.03. The van der Waals surface area contributed by atoms with E-state index in [0.29, 0.717) is 0 Å². The molecule has 0 radical (unpaired) electrons. The van der Waals surface area contributed by atoms with Gasteiger partial charge in [0, 0.05) is 7.11 Å². The van der Waals surface area contributed by atoms with Gasteiger partial charge in [0.05, 0.1) is 13.2 Å². The van der Waals surface area contributed by atoms with Gasteiger partial charge in [-0.15, -0.1) is 0 Å². The van der Waals surface area contributed by atoms with E-state index in [-0.39, 0.29) is 6.61 Å². The Bertz CT molecular complexity index is 298. The van der Waals surface area contributed by atoms with Crippen LogP contribution < -0.4 is 0 Å². The lowest BCUT2D eigenvalue weighted by atomic mass is 10.2. The molecule has 0 saturated carbocycles. The fraction of sp³-hybridized carbons (Fsp3) is 0.455. The lowest BCUT2D eigenvalue weighted by Crippen LogP contribution is -2.34. The van der Waals surface area contributed by atoms with Gasteiger partial charge in [-0.1, -0.05) is 30.3 Å². The summed E-state index contributed by atoms with van der Waals surface area (Å²) in [4.78, 5) is 0. The molecule has 16 heavy (non-hydrogen) atoms. The molecule has 0 heterocycles. The highest BCUT2D eigenvalue weighted by Gasteiger charge is 2.40. The molecule has 0 fully saturated rings. The summed E-state index contributed by atoms with van der Waals surface area (Å²) in [5.41, 5.74) is 0.833. The molecule has 0 saturated heterocycles. The molecule has 1 aromatic carbocycles. The van der Waals surface area contributed by atoms with E-state index >= 15 is 0 Å². The van der Waals surface area contributed by atoms with Crippen LogP contribution in [0.4, 0.5) is 13.2 Å². The van der Waals surface area contributed by atoms with Gasteiger partial charge in [0.15, 0.2) is 6.10 Å². The molecule has 1 atom stereocenters. The first-order valence-corrected chi connectivity index (χ1v) is 4.75. The Morgan fingerprint density at radius 3 is 2.31 bits per heavy atom. The van der Waals surface area contributed by atoms with Crippen LogP contribution in [0.3, 0.4) is 0 Å². The maximum atomic E-state index is 12.2. The largest absolute Gasteiger partial charge is 0.416 e. The lowest BCUT2D eigenvalue weighted by molar-refractivity contribution is -0.227. The number of hydrogen-bond acceptors (Lipinski definition) is 2. The second-order valence-electron chi connectivity index (χ2n) is 3.27. The second-order valence-corrected chi connectivity index (χ2v) is 3.27. The zero-order valence-electron chi connectivity index (χ0n) is 8.83. The van der Waals surface area contributed by atoms with Gasteiger partial charge in [0.2, 0.25) is 0 Å². The van der Waals surface area contributed by atoms with Crippen LogP contribution in [-0.2, 0) is 16.1 Å². The van der Waals surface area contributed by atoms with E-state index in [1.54, 1.807) is 24.3 Å².